The maximum atomic E-state index is 12.8. The molecule has 2 aliphatic heterocycles. The van der Waals surface area contributed by atoms with Crippen LogP contribution in [0, 0.1) is 0 Å². The zero-order valence-electron chi connectivity index (χ0n) is 19.5. The number of nitrogens with zero attached hydrogens (tertiary/aromatic N) is 6. The van der Waals surface area contributed by atoms with Gasteiger partial charge in [0.1, 0.15) is 5.75 Å². The van der Waals surface area contributed by atoms with E-state index in [2.05, 4.69) is 31.8 Å². The molecule has 0 radical (unpaired) electrons. The summed E-state index contributed by atoms with van der Waals surface area (Å²) in [5.74, 6) is 0.738. The average Bonchev–Trinajstić information content (AvgIpc) is 2.84. The zero-order valence-corrected chi connectivity index (χ0v) is 19.5. The van der Waals surface area contributed by atoms with Gasteiger partial charge in [-0.25, -0.2) is 0 Å². The molecule has 9 nitrogen and oxygen atoms in total. The maximum Gasteiger partial charge on any atom is 0.223 e. The first-order valence-corrected chi connectivity index (χ1v) is 11.9. The van der Waals surface area contributed by atoms with Crippen molar-refractivity contribution in [2.24, 2.45) is 0 Å². The second-order valence-corrected chi connectivity index (χ2v) is 8.82. The molecule has 3 N–H and O–H groups in total. The van der Waals surface area contributed by atoms with E-state index in [1.54, 1.807) is 18.2 Å². The van der Waals surface area contributed by atoms with Gasteiger partial charge in [0, 0.05) is 70.9 Å². The molecule has 2 aromatic rings. The van der Waals surface area contributed by atoms with Gasteiger partial charge in [0.25, 0.3) is 0 Å². The minimum Gasteiger partial charge on any atom is -0.507 e. The van der Waals surface area contributed by atoms with Gasteiger partial charge in [-0.05, 0) is 31.2 Å². The second kappa shape index (κ2) is 10.8. The number of para-hydroxylation sites is 1. The molecule has 0 bridgehead atoms. The van der Waals surface area contributed by atoms with Crippen LogP contribution in [0.15, 0.2) is 30.3 Å². The van der Waals surface area contributed by atoms with Crippen molar-refractivity contribution in [3.8, 4) is 17.0 Å². The van der Waals surface area contributed by atoms with Gasteiger partial charge in [-0.3, -0.25) is 4.79 Å². The molecule has 0 spiro atoms. The van der Waals surface area contributed by atoms with Crippen LogP contribution in [-0.2, 0) is 4.79 Å². The highest BCUT2D eigenvalue weighted by molar-refractivity contribution is 5.77. The number of nitrogens with two attached hydrogens (primary N) is 1. The van der Waals surface area contributed by atoms with Crippen LogP contribution in [0.2, 0.25) is 0 Å². The van der Waals surface area contributed by atoms with E-state index in [0.717, 1.165) is 38.4 Å². The Morgan fingerprint density at radius 3 is 2.30 bits per heavy atom. The lowest BCUT2D eigenvalue weighted by Gasteiger charge is -2.37. The number of hydrogen-bond donors (Lipinski definition) is 2. The highest BCUT2D eigenvalue weighted by Gasteiger charge is 2.24. The van der Waals surface area contributed by atoms with Gasteiger partial charge in [-0.1, -0.05) is 19.1 Å². The standard InChI is InChI=1S/C24H35N7O2/c1-2-8-28-10-12-29(13-11-28)9-7-23(33)31-16-14-30(15-17-31)21-18-20(26-27-24(21)25)19-5-3-4-6-22(19)32/h3-6,18,32H,2,7-17H2,1H3,(H2,25,27). The molecule has 2 saturated heterocycles. The summed E-state index contributed by atoms with van der Waals surface area (Å²) >= 11 is 0. The average molecular weight is 454 g/mol. The number of anilines is 2. The predicted octanol–water partition coefficient (Wildman–Crippen LogP) is 1.50. The molecule has 0 atom stereocenters. The molecule has 4 rings (SSSR count). The van der Waals surface area contributed by atoms with E-state index in [4.69, 9.17) is 5.73 Å². The van der Waals surface area contributed by atoms with Crippen molar-refractivity contribution in [3.05, 3.63) is 30.3 Å². The Bertz CT molecular complexity index is 938. The number of amides is 1. The molecule has 1 aromatic heterocycles. The number of benzene rings is 1. The fourth-order valence-corrected chi connectivity index (χ4v) is 4.63. The number of piperazine rings is 2. The number of carbonyl (C=O) groups is 1. The van der Waals surface area contributed by atoms with E-state index < -0.39 is 0 Å². The highest BCUT2D eigenvalue weighted by atomic mass is 16.3. The van der Waals surface area contributed by atoms with Gasteiger partial charge in [0.15, 0.2) is 5.82 Å². The van der Waals surface area contributed by atoms with Crippen LogP contribution in [-0.4, -0.2) is 101 Å². The van der Waals surface area contributed by atoms with Crippen molar-refractivity contribution in [2.45, 2.75) is 19.8 Å². The third-order valence-corrected chi connectivity index (χ3v) is 6.60. The van der Waals surface area contributed by atoms with Crippen molar-refractivity contribution >= 4 is 17.4 Å². The minimum atomic E-state index is 0.157. The van der Waals surface area contributed by atoms with Crippen molar-refractivity contribution in [1.29, 1.82) is 0 Å². The van der Waals surface area contributed by atoms with Crippen LogP contribution in [0.4, 0.5) is 11.5 Å². The molecular weight excluding hydrogens is 418 g/mol. The zero-order chi connectivity index (χ0) is 23.2. The Hall–Kier alpha value is -2.91. The number of phenolic OH excluding ortho intramolecular Hbond substituents is 1. The number of nitrogen functional groups attached to an aromatic ring is 1. The van der Waals surface area contributed by atoms with Gasteiger partial charge in [0.05, 0.1) is 11.4 Å². The summed E-state index contributed by atoms with van der Waals surface area (Å²) in [4.78, 5) is 21.8. The van der Waals surface area contributed by atoms with Crippen molar-refractivity contribution in [1.82, 2.24) is 24.9 Å². The van der Waals surface area contributed by atoms with Gasteiger partial charge in [-0.15, -0.1) is 10.2 Å². The molecule has 178 valence electrons. The molecule has 3 heterocycles. The lowest BCUT2D eigenvalue weighted by Crippen LogP contribution is -2.50. The second-order valence-electron chi connectivity index (χ2n) is 8.82. The van der Waals surface area contributed by atoms with E-state index >= 15 is 0 Å². The number of phenols is 1. The smallest absolute Gasteiger partial charge is 0.223 e. The first-order chi connectivity index (χ1) is 16.0. The van der Waals surface area contributed by atoms with Crippen LogP contribution >= 0.6 is 0 Å². The Labute approximate surface area is 195 Å². The van der Waals surface area contributed by atoms with Crippen LogP contribution < -0.4 is 10.6 Å². The topological polar surface area (TPSA) is 102 Å². The summed E-state index contributed by atoms with van der Waals surface area (Å²) in [7, 11) is 0. The Balaban J connectivity index is 1.29. The van der Waals surface area contributed by atoms with E-state index in [-0.39, 0.29) is 11.7 Å². The lowest BCUT2D eigenvalue weighted by atomic mass is 10.1. The summed E-state index contributed by atoms with van der Waals surface area (Å²) in [6.07, 6.45) is 1.77. The monoisotopic (exact) mass is 453 g/mol. The van der Waals surface area contributed by atoms with Crippen molar-refractivity contribution < 1.29 is 9.90 Å². The molecule has 9 heteroatoms. The summed E-state index contributed by atoms with van der Waals surface area (Å²) in [6, 6.07) is 8.92. The number of aromatic hydroxyl groups is 1. The molecule has 0 saturated carbocycles. The summed E-state index contributed by atoms with van der Waals surface area (Å²) in [6.45, 7) is 11.2. The van der Waals surface area contributed by atoms with E-state index in [0.29, 0.717) is 49.7 Å². The quantitative estimate of drug-likeness (QED) is 0.650. The SMILES string of the molecule is CCCN1CCN(CCC(=O)N2CCN(c3cc(-c4ccccc4O)nnc3N)CC2)CC1. The van der Waals surface area contributed by atoms with Crippen LogP contribution in [0.1, 0.15) is 19.8 Å². The van der Waals surface area contributed by atoms with Gasteiger partial charge in [0.2, 0.25) is 5.91 Å². The minimum absolute atomic E-state index is 0.157. The number of hydrogen-bond acceptors (Lipinski definition) is 8. The van der Waals surface area contributed by atoms with Gasteiger partial charge < -0.3 is 30.4 Å². The van der Waals surface area contributed by atoms with E-state index in [9.17, 15) is 9.90 Å². The maximum absolute atomic E-state index is 12.8. The number of carbonyl (C=O) groups excluding carboxylic acids is 1. The highest BCUT2D eigenvalue weighted by Crippen LogP contribution is 2.31. The van der Waals surface area contributed by atoms with E-state index in [1.165, 1.54) is 13.0 Å². The number of rotatable bonds is 7. The lowest BCUT2D eigenvalue weighted by molar-refractivity contribution is -0.131. The third-order valence-electron chi connectivity index (χ3n) is 6.60. The Morgan fingerprint density at radius 1 is 0.970 bits per heavy atom. The molecule has 33 heavy (non-hydrogen) atoms. The van der Waals surface area contributed by atoms with E-state index in [1.807, 2.05) is 17.0 Å². The Kier molecular flexibility index (Phi) is 7.61. The molecule has 1 amide bonds. The molecule has 2 aliphatic rings. The molecule has 0 unspecified atom stereocenters. The fraction of sp³-hybridized carbons (Fsp3) is 0.542. The van der Waals surface area contributed by atoms with Crippen LogP contribution in [0.3, 0.4) is 0 Å². The summed E-state index contributed by atoms with van der Waals surface area (Å²) < 4.78 is 0. The molecule has 2 fully saturated rings. The fourth-order valence-electron chi connectivity index (χ4n) is 4.63. The Morgan fingerprint density at radius 2 is 1.64 bits per heavy atom. The molecule has 0 aliphatic carbocycles. The van der Waals surface area contributed by atoms with Crippen LogP contribution in [0.5, 0.6) is 5.75 Å². The van der Waals surface area contributed by atoms with Crippen LogP contribution in [0.25, 0.3) is 11.3 Å². The summed E-state index contributed by atoms with van der Waals surface area (Å²) in [5.41, 5.74) is 8.11. The van der Waals surface area contributed by atoms with Crippen molar-refractivity contribution in [3.63, 3.8) is 0 Å². The third kappa shape index (κ3) is 5.72. The van der Waals surface area contributed by atoms with Gasteiger partial charge >= 0.3 is 0 Å². The number of aromatic nitrogens is 2. The van der Waals surface area contributed by atoms with Crippen molar-refractivity contribution in [2.75, 3.05) is 76.1 Å². The summed E-state index contributed by atoms with van der Waals surface area (Å²) in [5, 5.41) is 18.4. The normalized spacial score (nSPS) is 18.0. The molecular formula is C24H35N7O2. The predicted molar refractivity (Wildman–Crippen MR) is 130 cm³/mol. The molecule has 1 aromatic carbocycles. The first kappa shape index (κ1) is 23.3. The largest absolute Gasteiger partial charge is 0.507 e. The van der Waals surface area contributed by atoms with Gasteiger partial charge in [-0.2, -0.15) is 0 Å². The first-order valence-electron chi connectivity index (χ1n) is 11.9.